The van der Waals surface area contributed by atoms with Crippen molar-refractivity contribution >= 4 is 143 Å². The van der Waals surface area contributed by atoms with E-state index in [0.717, 1.165) is 116 Å². The quantitative estimate of drug-likeness (QED) is 0.0737. The van der Waals surface area contributed by atoms with Crippen LogP contribution in [0.1, 0.15) is 78.9 Å². The van der Waals surface area contributed by atoms with Crippen molar-refractivity contribution in [3.63, 3.8) is 0 Å². The molecule has 4 amide bonds. The van der Waals surface area contributed by atoms with Crippen LogP contribution < -0.4 is 39.0 Å². The van der Waals surface area contributed by atoms with Gasteiger partial charge in [0, 0.05) is 74.8 Å². The molecule has 4 atom stereocenters. The number of aromatic nitrogens is 4. The summed E-state index contributed by atoms with van der Waals surface area (Å²) < 4.78 is 15.4. The van der Waals surface area contributed by atoms with Gasteiger partial charge in [-0.2, -0.15) is 0 Å². The van der Waals surface area contributed by atoms with E-state index in [1.54, 1.807) is 14.2 Å². The SMILES string of the molecule is Br[C@@H]1C=C[C@H](Br)C1.COc1ccc(CN2C(=O)c3c(c4c5ccccc5[nH]c4c4[nH]c5ccccc5c34)C2=O)cc1.COc1ccc(CN2C(=O)c3c(c4c5ccccc5n5c4c4c3c3ccccc3n4C3C=CC5C3)C2=O)cc1.[H-].[Na+]. The number of aromatic amines is 2. The average molecular weight is 1200 g/mol. The molecule has 2 N–H and O–H groups in total. The Kier molecular flexibility index (Phi) is 12.6. The number of para-hydroxylation sites is 4. The number of amides is 4. The number of H-pyrrole nitrogens is 2. The van der Waals surface area contributed by atoms with Crippen LogP contribution >= 0.6 is 31.9 Å². The molecule has 2 bridgehead atoms. The van der Waals surface area contributed by atoms with Gasteiger partial charge in [-0.05, 0) is 72.5 Å². The van der Waals surface area contributed by atoms with Gasteiger partial charge in [-0.15, -0.1) is 0 Å². The van der Waals surface area contributed by atoms with E-state index in [1.807, 2.05) is 109 Å². The number of carbonyl (C=O) groups excluding carboxylic acids is 4. The molecule has 0 fully saturated rings. The molecule has 0 spiro atoms. The molecule has 12 nitrogen and oxygen atoms in total. The molecular weight excluding hydrogens is 1160 g/mol. The van der Waals surface area contributed by atoms with Crippen molar-refractivity contribution < 1.29 is 59.6 Å². The number of allylic oxidation sites excluding steroid dienone is 4. The van der Waals surface area contributed by atoms with Gasteiger partial charge in [0.1, 0.15) is 11.5 Å². The van der Waals surface area contributed by atoms with Gasteiger partial charge in [0.25, 0.3) is 23.6 Å². The van der Waals surface area contributed by atoms with Crippen LogP contribution in [-0.4, -0.2) is 76.4 Å². The number of methoxy groups -OCH3 is 2. The zero-order valence-electron chi connectivity index (χ0n) is 45.3. The van der Waals surface area contributed by atoms with E-state index in [2.05, 4.69) is 112 Å². The summed E-state index contributed by atoms with van der Waals surface area (Å²) in [5.74, 6) is 0.486. The third kappa shape index (κ3) is 7.78. The molecule has 5 aliphatic rings. The molecule has 4 aromatic heterocycles. The summed E-state index contributed by atoms with van der Waals surface area (Å²) in [6, 6.07) is 47.8. The molecule has 81 heavy (non-hydrogen) atoms. The van der Waals surface area contributed by atoms with Gasteiger partial charge in [0.2, 0.25) is 0 Å². The number of ether oxygens (including phenoxy) is 2. The number of hydrogen-bond acceptors (Lipinski definition) is 6. The average Bonchev–Trinajstić information content (AvgIpc) is 2.84. The molecule has 3 aliphatic heterocycles. The van der Waals surface area contributed by atoms with Crippen LogP contribution in [0, 0.1) is 0 Å². The van der Waals surface area contributed by atoms with Crippen LogP contribution in [0.4, 0.5) is 0 Å². The second kappa shape index (κ2) is 19.8. The van der Waals surface area contributed by atoms with Crippen molar-refractivity contribution in [2.75, 3.05) is 14.2 Å². The van der Waals surface area contributed by atoms with Crippen molar-refractivity contribution in [3.8, 4) is 11.5 Å². The standard InChI is InChI=1S/C33H23N3O3.C28H19N3O3.C5H6Br2.Na.H/c1-39-21-14-10-18(11-15-21)17-34-32(37)28-26-22-6-2-4-8-24(22)35-19-12-13-20(16-19)36-25-9-5-3-7-23(25)27(29(28)33(34)38)31(36)30(26)35;1-34-16-12-10-15(11-13-16)14-31-27(32)23-21-17-6-2-4-8-19(17)29-25(21)26-22(24(23)28(31)33)18-7-3-5-9-20(18)30-26;6-4-1-2-5(7)3-4;;/h2-15,19-20H,16-17H2,1H3;2-13,29-30H,14H2,1H3;1-2,4-5H,3H2;;/q;;;+1;-1/t;;4-,5+;;. The van der Waals surface area contributed by atoms with E-state index in [0.29, 0.717) is 31.9 Å². The second-order valence-corrected chi connectivity index (χ2v) is 23.4. The van der Waals surface area contributed by atoms with Crippen LogP contribution in [0.15, 0.2) is 170 Å². The van der Waals surface area contributed by atoms with Crippen LogP contribution in [-0.2, 0) is 13.1 Å². The van der Waals surface area contributed by atoms with Crippen molar-refractivity contribution in [1.82, 2.24) is 28.9 Å². The van der Waals surface area contributed by atoms with E-state index < -0.39 is 0 Å². The molecule has 2 aliphatic carbocycles. The van der Waals surface area contributed by atoms with E-state index in [9.17, 15) is 19.2 Å². The van der Waals surface area contributed by atoms with E-state index in [4.69, 9.17) is 9.47 Å². The van der Waals surface area contributed by atoms with E-state index >= 15 is 0 Å². The predicted molar refractivity (Wildman–Crippen MR) is 324 cm³/mol. The number of carbonyl (C=O) groups is 4. The summed E-state index contributed by atoms with van der Waals surface area (Å²) in [7, 11) is 3.23. The number of halogens is 2. The van der Waals surface area contributed by atoms with Gasteiger partial charge in [-0.3, -0.25) is 29.0 Å². The Morgan fingerprint density at radius 1 is 0.457 bits per heavy atom. The molecule has 17 rings (SSSR count). The summed E-state index contributed by atoms with van der Waals surface area (Å²) in [4.78, 5) is 67.3. The first-order chi connectivity index (χ1) is 39.1. The number of alkyl halides is 2. The summed E-state index contributed by atoms with van der Waals surface area (Å²) in [6.45, 7) is 0.410. The maximum Gasteiger partial charge on any atom is 1.00 e. The summed E-state index contributed by atoms with van der Waals surface area (Å²) >= 11 is 6.92. The first-order valence-corrected chi connectivity index (χ1v) is 28.5. The Morgan fingerprint density at radius 2 is 0.815 bits per heavy atom. The minimum atomic E-state index is -0.266. The molecule has 0 radical (unpaired) electrons. The molecule has 8 aromatic carbocycles. The van der Waals surface area contributed by atoms with Crippen LogP contribution in [0.3, 0.4) is 0 Å². The Bertz CT molecular complexity index is 4510. The van der Waals surface area contributed by atoms with Gasteiger partial charge in [-0.25, -0.2) is 0 Å². The Hall–Kier alpha value is -7.72. The molecule has 0 saturated heterocycles. The smallest absolute Gasteiger partial charge is 1.00 e. The van der Waals surface area contributed by atoms with Crippen molar-refractivity contribution in [2.45, 2.75) is 47.7 Å². The van der Waals surface area contributed by atoms with Gasteiger partial charge in [0.05, 0.1) is 83.7 Å². The topological polar surface area (TPSA) is 135 Å². The molecule has 2 unspecified atom stereocenters. The monoisotopic (exact) mass is 1200 g/mol. The van der Waals surface area contributed by atoms with Crippen molar-refractivity contribution in [3.05, 3.63) is 203 Å². The molecule has 12 aromatic rings. The van der Waals surface area contributed by atoms with Crippen LogP contribution in [0.2, 0.25) is 0 Å². The zero-order chi connectivity index (χ0) is 54.2. The number of hydrogen-bond donors (Lipinski definition) is 2. The number of imide groups is 2. The maximum absolute atomic E-state index is 14.3. The largest absolute Gasteiger partial charge is 1.00 e. The Morgan fingerprint density at radius 3 is 1.19 bits per heavy atom. The Labute approximate surface area is 504 Å². The summed E-state index contributed by atoms with van der Waals surface area (Å²) in [6.07, 6.45) is 11.1. The van der Waals surface area contributed by atoms with Gasteiger partial charge in [0.15, 0.2) is 0 Å². The first-order valence-electron chi connectivity index (χ1n) is 26.7. The Balaban J connectivity index is 0.000000136. The second-order valence-electron chi connectivity index (χ2n) is 21.1. The first kappa shape index (κ1) is 51.4. The third-order valence-electron chi connectivity index (χ3n) is 16.7. The summed E-state index contributed by atoms with van der Waals surface area (Å²) in [5.41, 5.74) is 11.6. The van der Waals surface area contributed by atoms with E-state index in [1.165, 1.54) is 16.2 Å². The van der Waals surface area contributed by atoms with E-state index in [-0.39, 0.29) is 79.8 Å². The fourth-order valence-electron chi connectivity index (χ4n) is 13.2. The van der Waals surface area contributed by atoms with Crippen LogP contribution in [0.25, 0.3) is 87.2 Å². The number of nitrogens with one attached hydrogen (secondary N) is 2. The van der Waals surface area contributed by atoms with Gasteiger partial charge >= 0.3 is 29.6 Å². The third-order valence-corrected chi connectivity index (χ3v) is 18.1. The fourth-order valence-corrected chi connectivity index (χ4v) is 14.9. The van der Waals surface area contributed by atoms with Gasteiger partial charge in [-0.1, -0.05) is 153 Å². The summed E-state index contributed by atoms with van der Waals surface area (Å²) in [5, 5.41) is 7.29. The van der Waals surface area contributed by atoms with Gasteiger partial charge < -0.3 is 30.0 Å². The molecule has 0 saturated carbocycles. The normalized spacial score (nSPS) is 18.5. The fraction of sp³-hybridized carbons (Fsp3) is 0.152. The number of benzene rings is 8. The molecule has 15 heteroatoms. The number of nitrogens with zero attached hydrogens (tertiary/aromatic N) is 4. The minimum absolute atomic E-state index is 0. The molecule has 7 heterocycles. The minimum Gasteiger partial charge on any atom is -1.00 e. The van der Waals surface area contributed by atoms with Crippen molar-refractivity contribution in [1.29, 1.82) is 0 Å². The molecule has 394 valence electrons. The number of rotatable bonds is 6. The molecular formula is C66H49Br2N6NaO6. The maximum atomic E-state index is 14.3. The van der Waals surface area contributed by atoms with Crippen molar-refractivity contribution in [2.24, 2.45) is 0 Å². The number of fused-ring (bicyclic) bond motifs is 23. The zero-order valence-corrected chi connectivity index (χ0v) is 49.5. The van der Waals surface area contributed by atoms with Crippen LogP contribution in [0.5, 0.6) is 11.5 Å². The predicted octanol–water partition coefficient (Wildman–Crippen LogP) is 12.1.